The number of nitrogens with zero attached hydrogens (tertiary/aromatic N) is 2. The molecule has 3 amide bonds. The predicted octanol–water partition coefficient (Wildman–Crippen LogP) is 3.34. The van der Waals surface area contributed by atoms with Crippen LogP contribution in [0.3, 0.4) is 0 Å². The molecule has 6 N–H and O–H groups in total. The minimum atomic E-state index is -1.13. The number of hydrogen-bond acceptors (Lipinski definition) is 8. The molecule has 200 valence electrons. The molecule has 2 heterocycles. The highest BCUT2D eigenvalue weighted by atomic mass is 32.1. The lowest BCUT2D eigenvalue weighted by Crippen LogP contribution is -2.45. The number of hydrogen-bond donors (Lipinski definition) is 4. The van der Waals surface area contributed by atoms with E-state index in [1.54, 1.807) is 24.3 Å². The van der Waals surface area contributed by atoms with Gasteiger partial charge in [-0.2, -0.15) is 4.37 Å². The summed E-state index contributed by atoms with van der Waals surface area (Å²) in [7, 11) is 0. The molecule has 2 unspecified atom stereocenters. The highest BCUT2D eigenvalue weighted by Crippen LogP contribution is 2.34. The Bertz CT molecular complexity index is 1300. The Kier molecular flexibility index (Phi) is 8.28. The molecule has 4 rings (SSSR count). The lowest BCUT2D eigenvalue weighted by Gasteiger charge is -2.32. The van der Waals surface area contributed by atoms with Gasteiger partial charge in [0.25, 0.3) is 11.8 Å². The van der Waals surface area contributed by atoms with Crippen LogP contribution < -0.4 is 21.7 Å². The average molecular weight is 538 g/mol. The van der Waals surface area contributed by atoms with Crippen molar-refractivity contribution in [3.05, 3.63) is 70.2 Å². The fraction of sp³-hybridized carbons (Fsp3) is 0.333. The third-order valence-corrected chi connectivity index (χ3v) is 7.31. The van der Waals surface area contributed by atoms with Gasteiger partial charge < -0.3 is 26.6 Å². The minimum Gasteiger partial charge on any atom is -0.508 e. The van der Waals surface area contributed by atoms with E-state index in [1.807, 2.05) is 12.1 Å². The second-order valence-corrected chi connectivity index (χ2v) is 10.2. The summed E-state index contributed by atoms with van der Waals surface area (Å²) in [6.45, 7) is 5.04. The highest BCUT2D eigenvalue weighted by Gasteiger charge is 2.36. The number of aromatic hydroxyl groups is 1. The first-order chi connectivity index (χ1) is 18.2. The Morgan fingerprint density at radius 3 is 2.34 bits per heavy atom. The van der Waals surface area contributed by atoms with Gasteiger partial charge in [0.1, 0.15) is 16.7 Å². The maximum Gasteiger partial charge on any atom is 0.273 e. The van der Waals surface area contributed by atoms with Crippen molar-refractivity contribution in [3.63, 3.8) is 0 Å². The molecule has 0 spiro atoms. The number of nitrogen functional groups attached to an aromatic ring is 1. The molecule has 1 fully saturated rings. The second kappa shape index (κ2) is 11.6. The van der Waals surface area contributed by atoms with E-state index in [9.17, 15) is 19.5 Å². The molecule has 2 aromatic carbocycles. The van der Waals surface area contributed by atoms with Gasteiger partial charge in [-0.15, -0.1) is 0 Å². The van der Waals surface area contributed by atoms with Crippen LogP contribution in [0.5, 0.6) is 5.75 Å². The lowest BCUT2D eigenvalue weighted by atomic mass is 10.00. The number of amides is 3. The summed E-state index contributed by atoms with van der Waals surface area (Å²) in [4.78, 5) is 40.9. The van der Waals surface area contributed by atoms with Crippen molar-refractivity contribution in [1.29, 1.82) is 0 Å². The van der Waals surface area contributed by atoms with Gasteiger partial charge in [0.15, 0.2) is 5.69 Å². The highest BCUT2D eigenvalue weighted by molar-refractivity contribution is 7.09. The van der Waals surface area contributed by atoms with Crippen LogP contribution >= 0.6 is 11.5 Å². The largest absolute Gasteiger partial charge is 0.508 e. The summed E-state index contributed by atoms with van der Waals surface area (Å²) in [5, 5.41) is 12.8. The van der Waals surface area contributed by atoms with Crippen molar-refractivity contribution in [2.24, 2.45) is 5.73 Å². The smallest absolute Gasteiger partial charge is 0.273 e. The van der Waals surface area contributed by atoms with E-state index in [0.717, 1.165) is 29.9 Å². The molecule has 10 nitrogen and oxygen atoms in total. The van der Waals surface area contributed by atoms with Crippen molar-refractivity contribution >= 4 is 40.6 Å². The third kappa shape index (κ3) is 5.79. The van der Waals surface area contributed by atoms with E-state index in [0.29, 0.717) is 17.9 Å². The van der Waals surface area contributed by atoms with Crippen molar-refractivity contribution in [2.75, 3.05) is 23.8 Å². The zero-order chi connectivity index (χ0) is 27.4. The molecule has 0 saturated carbocycles. The molecule has 11 heteroatoms. The summed E-state index contributed by atoms with van der Waals surface area (Å²) in [6.07, 6.45) is 1.64. The van der Waals surface area contributed by atoms with Gasteiger partial charge in [0, 0.05) is 18.8 Å². The van der Waals surface area contributed by atoms with Gasteiger partial charge in [0.2, 0.25) is 5.91 Å². The predicted molar refractivity (Wildman–Crippen MR) is 145 cm³/mol. The van der Waals surface area contributed by atoms with Crippen LogP contribution in [-0.2, 0) is 9.53 Å². The van der Waals surface area contributed by atoms with Crippen LogP contribution in [0.1, 0.15) is 69.9 Å². The summed E-state index contributed by atoms with van der Waals surface area (Å²) in [6, 6.07) is 12.2. The molecule has 2 atom stereocenters. The van der Waals surface area contributed by atoms with Crippen LogP contribution in [0.15, 0.2) is 48.5 Å². The van der Waals surface area contributed by atoms with Gasteiger partial charge in [-0.25, -0.2) is 0 Å². The molecule has 1 aliphatic rings. The number of rotatable bonds is 9. The number of carbonyl (C=O) groups is 3. The first kappa shape index (κ1) is 27.1. The maximum absolute atomic E-state index is 14.1. The summed E-state index contributed by atoms with van der Waals surface area (Å²) >= 11 is 0.745. The van der Waals surface area contributed by atoms with E-state index in [1.165, 1.54) is 17.0 Å². The SMILES string of the molecule is CC(C)c1ccc(N(C(=O)c2snc(C(N)=O)c2N)C(C(=O)NCC2CCCO2)c2ccc(O)cc2)cc1. The normalized spacial score (nSPS) is 15.8. The lowest BCUT2D eigenvalue weighted by molar-refractivity contribution is -0.123. The Hall–Kier alpha value is -3.96. The van der Waals surface area contributed by atoms with Crippen molar-refractivity contribution in [2.45, 2.75) is 44.8 Å². The molecule has 1 aromatic heterocycles. The van der Waals surface area contributed by atoms with E-state index in [2.05, 4.69) is 23.5 Å². The number of primary amides is 1. The second-order valence-electron chi connectivity index (χ2n) is 9.43. The fourth-order valence-electron chi connectivity index (χ4n) is 4.33. The molecule has 1 saturated heterocycles. The molecular formula is C27H31N5O5S. The number of carbonyl (C=O) groups excluding carboxylic acids is 3. The van der Waals surface area contributed by atoms with Crippen LogP contribution in [0.2, 0.25) is 0 Å². The fourth-order valence-corrected chi connectivity index (χ4v) is 5.08. The molecule has 0 bridgehead atoms. The van der Waals surface area contributed by atoms with E-state index in [-0.39, 0.29) is 40.6 Å². The number of nitrogens with one attached hydrogen (secondary N) is 1. The molecule has 0 radical (unpaired) electrons. The van der Waals surface area contributed by atoms with Gasteiger partial charge in [-0.05, 0) is 65.7 Å². The van der Waals surface area contributed by atoms with Gasteiger partial charge in [-0.3, -0.25) is 19.3 Å². The number of benzene rings is 2. The maximum atomic E-state index is 14.1. The van der Waals surface area contributed by atoms with Gasteiger partial charge in [0.05, 0.1) is 11.8 Å². The van der Waals surface area contributed by atoms with Crippen molar-refractivity contribution in [3.8, 4) is 5.75 Å². The van der Waals surface area contributed by atoms with Crippen molar-refractivity contribution in [1.82, 2.24) is 9.69 Å². The quantitative estimate of drug-likeness (QED) is 0.325. The number of nitrogens with two attached hydrogens (primary N) is 2. The van der Waals surface area contributed by atoms with Crippen LogP contribution in [0, 0.1) is 0 Å². The van der Waals surface area contributed by atoms with Crippen LogP contribution in [-0.4, -0.2) is 46.5 Å². The van der Waals surface area contributed by atoms with Gasteiger partial charge in [-0.1, -0.05) is 38.1 Å². The first-order valence-electron chi connectivity index (χ1n) is 12.3. The minimum absolute atomic E-state index is 0.0116. The Morgan fingerprint density at radius 2 is 1.79 bits per heavy atom. The molecular weight excluding hydrogens is 506 g/mol. The standard InChI is InChI=1S/C27H31N5O5S/c1-15(2)16-5-9-18(10-6-16)32(27(36)24-21(28)22(25(29)34)31-38-24)23(17-7-11-19(33)12-8-17)26(35)30-14-20-4-3-13-37-20/h5-12,15,20,23,33H,3-4,13-14,28H2,1-2H3,(H2,29,34)(H,30,35). The monoisotopic (exact) mass is 537 g/mol. The summed E-state index contributed by atoms with van der Waals surface area (Å²) in [5.74, 6) is -1.63. The zero-order valence-electron chi connectivity index (χ0n) is 21.2. The molecule has 0 aliphatic carbocycles. The number of aromatic nitrogens is 1. The van der Waals surface area contributed by atoms with Crippen LogP contribution in [0.25, 0.3) is 0 Å². The molecule has 1 aliphatic heterocycles. The Morgan fingerprint density at radius 1 is 1.13 bits per heavy atom. The van der Waals surface area contributed by atoms with Crippen molar-refractivity contribution < 1.29 is 24.2 Å². The number of anilines is 2. The number of ether oxygens (including phenoxy) is 1. The third-order valence-electron chi connectivity index (χ3n) is 6.46. The van der Waals surface area contributed by atoms with E-state index < -0.39 is 23.8 Å². The molecule has 38 heavy (non-hydrogen) atoms. The van der Waals surface area contributed by atoms with E-state index >= 15 is 0 Å². The summed E-state index contributed by atoms with van der Waals surface area (Å²) in [5.41, 5.74) is 13.1. The molecule has 3 aromatic rings. The average Bonchev–Trinajstić information content (AvgIpc) is 3.56. The zero-order valence-corrected chi connectivity index (χ0v) is 22.0. The Balaban J connectivity index is 1.81. The Labute approximate surface area is 224 Å². The topological polar surface area (TPSA) is 161 Å². The van der Waals surface area contributed by atoms with E-state index in [4.69, 9.17) is 16.2 Å². The van der Waals surface area contributed by atoms with Crippen LogP contribution in [0.4, 0.5) is 11.4 Å². The number of phenols is 1. The summed E-state index contributed by atoms with van der Waals surface area (Å²) < 4.78 is 9.62. The number of phenolic OH excluding ortho intramolecular Hbond substituents is 1. The first-order valence-corrected chi connectivity index (χ1v) is 13.1. The van der Waals surface area contributed by atoms with Gasteiger partial charge >= 0.3 is 0 Å².